The van der Waals surface area contributed by atoms with Gasteiger partial charge in [0.2, 0.25) is 0 Å². The van der Waals surface area contributed by atoms with Gasteiger partial charge in [-0.1, -0.05) is 0 Å². The fourth-order valence-corrected chi connectivity index (χ4v) is 0. The summed E-state index contributed by atoms with van der Waals surface area (Å²) in [6, 6.07) is 0. The molecule has 0 aliphatic rings. The van der Waals surface area contributed by atoms with Crippen molar-refractivity contribution < 1.29 is 71.2 Å². The van der Waals surface area contributed by atoms with Crippen LogP contribution in [0.25, 0.3) is 0 Å². The van der Waals surface area contributed by atoms with Gasteiger partial charge in [0.25, 0.3) is 0 Å². The zero-order valence-corrected chi connectivity index (χ0v) is 13.0. The maximum absolute atomic E-state index is 8.30. The van der Waals surface area contributed by atoms with Crippen LogP contribution in [-0.4, -0.2) is 62.8 Å². The van der Waals surface area contributed by atoms with Gasteiger partial charge in [0.15, 0.2) is 17.4 Å². The van der Waals surface area contributed by atoms with E-state index in [1.165, 1.54) is 0 Å². The maximum Gasteiger partial charge on any atom is 2.00 e. The Balaban J connectivity index is -0.000000000333. The van der Waals surface area contributed by atoms with Crippen molar-refractivity contribution in [3.63, 3.8) is 0 Å². The molecule has 0 aromatic carbocycles. The first-order valence-corrected chi connectivity index (χ1v) is 1.08. The van der Waals surface area contributed by atoms with Crippen molar-refractivity contribution in [2.24, 2.45) is 0 Å². The van der Waals surface area contributed by atoms with E-state index in [0.29, 0.717) is 21.0 Å². The van der Waals surface area contributed by atoms with Gasteiger partial charge in [-0.25, -0.2) is 0 Å². The van der Waals surface area contributed by atoms with Crippen LogP contribution in [0.5, 0.6) is 0 Å². The summed E-state index contributed by atoms with van der Waals surface area (Å²) in [5, 5.41) is 0. The third kappa shape index (κ3) is 24.5. The van der Waals surface area contributed by atoms with E-state index >= 15 is 0 Å². The Morgan fingerprint density at radius 1 is 1.33 bits per heavy atom. The van der Waals surface area contributed by atoms with E-state index < -0.39 is 0 Å². The molecule has 0 aromatic heterocycles. The van der Waals surface area contributed by atoms with Crippen LogP contribution in [0.4, 0.5) is 0 Å². The minimum Gasteiger partial charge on any atom is 0 e. The molecule has 0 unspecified atom stereocenters. The molecule has 0 saturated carbocycles. The molecule has 0 aliphatic carbocycles. The average molecular weight is 457 g/mol. The summed E-state index contributed by atoms with van der Waals surface area (Å²) in [5.41, 5.74) is 0. The summed E-state index contributed by atoms with van der Waals surface area (Å²) in [5.74, 6) is 0. The second-order valence-electron chi connectivity index (χ2n) is 0. The Labute approximate surface area is 131 Å². The van der Waals surface area contributed by atoms with E-state index in [-0.39, 0.29) is 110 Å². The molecule has 0 fully saturated rings. The van der Waals surface area contributed by atoms with Gasteiger partial charge in [0, 0.05) is 44.1 Å². The van der Waals surface area contributed by atoms with Gasteiger partial charge in [-0.05, 0) is 0 Å². The second-order valence-corrected chi connectivity index (χ2v) is 0. The number of hydrogen-bond donors (Lipinski definition) is 0. The number of rotatable bonds is 0. The van der Waals surface area contributed by atoms with Crippen molar-refractivity contribution >= 4 is 62.8 Å². The van der Waals surface area contributed by atoms with Crippen LogP contribution in [0.2, 0.25) is 0 Å². The molecule has 0 bridgehead atoms. The molecule has 0 heterocycles. The molecule has 6 heavy (non-hydrogen) atoms. The van der Waals surface area contributed by atoms with Crippen LogP contribution in [0, 0.1) is 0 Å². The molecular weight excluding hydrogens is 452 g/mol. The van der Waals surface area contributed by atoms with Gasteiger partial charge < -0.3 is 2.85 Å². The summed E-state index contributed by atoms with van der Waals surface area (Å²) in [4.78, 5) is 0. The molecule has 0 saturated heterocycles. The fourth-order valence-electron chi connectivity index (χ4n) is 0. The van der Waals surface area contributed by atoms with Gasteiger partial charge in [0.05, 0.1) is 0 Å². The summed E-state index contributed by atoms with van der Waals surface area (Å²) in [6.45, 7) is 0. The van der Waals surface area contributed by atoms with E-state index in [4.69, 9.17) is 3.25 Å². The average Bonchev–Trinajstić information content (AvgIpc) is 1.00. The summed E-state index contributed by atoms with van der Waals surface area (Å²) in [7, 11) is 0. The van der Waals surface area contributed by atoms with E-state index in [1.54, 1.807) is 0 Å². The van der Waals surface area contributed by atoms with Crippen molar-refractivity contribution in [1.29, 1.82) is 0 Å². The normalized spacial score (nSPS) is 0.500. The Bertz CT molecular complexity index is 22.0. The van der Waals surface area contributed by atoms with Crippen molar-refractivity contribution in [3.8, 4) is 0 Å². The van der Waals surface area contributed by atoms with Crippen molar-refractivity contribution in [3.05, 3.63) is 0 Å². The molecule has 30 valence electrons. The van der Waals surface area contributed by atoms with Gasteiger partial charge in [-0.15, -0.1) is 0 Å². The maximum atomic E-state index is 8.30. The Hall–Kier alpha value is 4.01. The third-order valence-electron chi connectivity index (χ3n) is 0. The SMILES string of the molecule is [AlH3].[H-].[H-].[O]=[Nb].[Sr+2].[Ta].[Ti]. The smallest absolute Gasteiger partial charge is 0 e. The molecule has 1 nitrogen and oxygen atoms in total. The molecule has 0 rings (SSSR count). The first-order valence-electron chi connectivity index (χ1n) is 0.183. The third-order valence-corrected chi connectivity index (χ3v) is 0. The predicted molar refractivity (Wildman–Crippen MR) is 18.6 cm³/mol. The van der Waals surface area contributed by atoms with Crippen LogP contribution in [0.3, 0.4) is 0 Å². The van der Waals surface area contributed by atoms with Crippen LogP contribution >= 0.6 is 0 Å². The quantitative estimate of drug-likeness (QED) is 0.407. The van der Waals surface area contributed by atoms with E-state index in [1.807, 2.05) is 0 Å². The first-order chi connectivity index (χ1) is 1.00. The Kier molecular flexibility index (Phi) is 194. The molecule has 0 aromatic rings. The zero-order chi connectivity index (χ0) is 2.00. The fraction of sp³-hybridized carbons (Fsp3) is 0. The van der Waals surface area contributed by atoms with Crippen molar-refractivity contribution in [2.75, 3.05) is 0 Å². The standard InChI is InChI=1S/Al.Nb.O.Sr.Ta.Ti.5H/q;;;+2;;;;;;2*-1. The molecule has 1 radical (unpaired) electrons. The summed E-state index contributed by atoms with van der Waals surface area (Å²) >= 11 is 0.500. The number of hydrogen-bond acceptors (Lipinski definition) is 1. The van der Waals surface area contributed by atoms with E-state index in [0.717, 1.165) is 0 Å². The summed E-state index contributed by atoms with van der Waals surface area (Å²) in [6.07, 6.45) is 0. The van der Waals surface area contributed by atoms with Gasteiger partial charge >= 0.3 is 69.8 Å². The minimum absolute atomic E-state index is 0. The molecule has 0 amide bonds. The monoisotopic (exact) mass is 458 g/mol. The van der Waals surface area contributed by atoms with Gasteiger partial charge in [-0.3, -0.25) is 0 Å². The summed E-state index contributed by atoms with van der Waals surface area (Å²) < 4.78 is 8.30. The largest absolute Gasteiger partial charge is 2.00 e. The van der Waals surface area contributed by atoms with Crippen LogP contribution in [0.15, 0.2) is 0 Å². The molecular formula is H5AlNbOSrTaTi. The van der Waals surface area contributed by atoms with Crippen LogP contribution in [-0.2, 0) is 68.4 Å². The van der Waals surface area contributed by atoms with Crippen molar-refractivity contribution in [2.45, 2.75) is 0 Å². The van der Waals surface area contributed by atoms with Crippen molar-refractivity contribution in [1.82, 2.24) is 0 Å². The van der Waals surface area contributed by atoms with Gasteiger partial charge in [-0.2, -0.15) is 0 Å². The minimum atomic E-state index is 0. The molecule has 0 N–H and O–H groups in total. The Morgan fingerprint density at radius 2 is 1.33 bits per heavy atom. The van der Waals surface area contributed by atoms with Crippen LogP contribution < -0.4 is 0 Å². The molecule has 0 spiro atoms. The molecule has 6 heteroatoms. The van der Waals surface area contributed by atoms with E-state index in [2.05, 4.69) is 0 Å². The second kappa shape index (κ2) is 36.0. The predicted octanol–water partition coefficient (Wildman–Crippen LogP) is -1.47. The first kappa shape index (κ1) is 32.4. The van der Waals surface area contributed by atoms with Gasteiger partial charge in [0.1, 0.15) is 0 Å². The van der Waals surface area contributed by atoms with Crippen LogP contribution in [0.1, 0.15) is 2.85 Å². The molecule has 0 aliphatic heterocycles. The van der Waals surface area contributed by atoms with E-state index in [9.17, 15) is 0 Å². The Morgan fingerprint density at radius 3 is 1.33 bits per heavy atom. The topological polar surface area (TPSA) is 17.1 Å². The zero-order valence-electron chi connectivity index (χ0n) is 4.51. The molecule has 0 atom stereocenters.